The molecule has 0 aromatic heterocycles. The summed E-state index contributed by atoms with van der Waals surface area (Å²) < 4.78 is 0. The third-order valence-corrected chi connectivity index (χ3v) is 6.74. The zero-order valence-corrected chi connectivity index (χ0v) is 89.6. The van der Waals surface area contributed by atoms with Crippen LogP contribution in [0.3, 0.4) is 0 Å². The molecule has 0 unspecified atom stereocenters. The van der Waals surface area contributed by atoms with Crippen molar-refractivity contribution in [3.63, 3.8) is 0 Å². The van der Waals surface area contributed by atoms with E-state index in [1.807, 2.05) is 13.8 Å². The summed E-state index contributed by atoms with van der Waals surface area (Å²) in [5.74, 6) is 256. The van der Waals surface area contributed by atoms with Crippen molar-refractivity contribution in [2.75, 3.05) is 0 Å². The van der Waals surface area contributed by atoms with Crippen LogP contribution >= 0.6 is 61.2 Å². The van der Waals surface area contributed by atoms with Gasteiger partial charge in [0.05, 0.1) is 0 Å². The molecule has 0 saturated heterocycles. The molecular formula is C136H69I3N6Pt. The molecule has 674 valence electrons. The maximum absolute atomic E-state index is 6.86. The molecule has 146 heavy (non-hydrogen) atoms. The second-order valence-corrected chi connectivity index (χ2v) is 15.4. The molecule has 0 rings (SSSR count). The average molecular weight is 2360 g/mol. The molecule has 0 aliphatic carbocycles. The zero-order valence-electron chi connectivity index (χ0n) is 80.6. The molecule has 0 aromatic carbocycles. The van der Waals surface area contributed by atoms with Gasteiger partial charge in [0.2, 0.25) is 0 Å². The van der Waals surface area contributed by atoms with E-state index in [1.165, 1.54) is 0 Å². The van der Waals surface area contributed by atoms with Crippen LogP contribution in [0.5, 0.6) is 0 Å². The maximum atomic E-state index is 6.86. The quantitative estimate of drug-likeness (QED) is 0.0622. The number of nitrogens with one attached hydrogen (secondary N) is 1. The molecule has 0 atom stereocenters. The van der Waals surface area contributed by atoms with Crippen molar-refractivity contribution in [2.45, 2.75) is 111 Å². The number of nitrogens with zero attached hydrogens (tertiary/aromatic N) is 4. The molecule has 0 aliphatic heterocycles. The topological polar surface area (TPSA) is 143 Å². The van der Waals surface area contributed by atoms with E-state index >= 15 is 0 Å². The monoisotopic (exact) mass is 2360 g/mol. The molecule has 0 spiro atoms. The Bertz CT molecular complexity index is 8070. The summed E-state index contributed by atoms with van der Waals surface area (Å²) in [6.07, 6.45) is 70.2. The van der Waals surface area contributed by atoms with Gasteiger partial charge in [-0.1, -0.05) is 78.5 Å². The van der Waals surface area contributed by atoms with E-state index < -0.39 is 0 Å². The summed E-state index contributed by atoms with van der Waals surface area (Å²) in [5, 5.41) is 12.0. The van der Waals surface area contributed by atoms with Gasteiger partial charge in [0, 0.05) is 69.1 Å². The Morgan fingerprint density at radius 1 is 0.164 bits per heavy atom. The molecule has 6 nitrogen and oxygen atoms in total. The Hall–Kier alpha value is -24.8. The van der Waals surface area contributed by atoms with E-state index in [1.54, 1.807) is 94.9 Å². The molecule has 0 aliphatic rings. The molecule has 0 heterocycles. The number of terminal acetylenes is 14. The Kier molecular flexibility index (Phi) is 316. The van der Waals surface area contributed by atoms with Crippen LogP contribution in [0.15, 0.2) is 0 Å². The van der Waals surface area contributed by atoms with Crippen molar-refractivity contribution in [1.29, 1.82) is 16.3 Å². The summed E-state index contributed by atoms with van der Waals surface area (Å²) in [4.78, 5) is 1.75. The first kappa shape index (κ1) is 178. The fraction of sp³-hybridized carbons (Fsp3) is 0.118. The number of hydrogen-bond donors (Lipinski definition) is 2. The van der Waals surface area contributed by atoms with Gasteiger partial charge in [0.25, 0.3) is 0 Å². The van der Waals surface area contributed by atoms with Crippen LogP contribution in [0.1, 0.15) is 111 Å². The zero-order chi connectivity index (χ0) is 111. The SMILES string of the molecule is C.C#C.C#CC.C#CC#CC.C#CC#CC#C.C#CC#CC#CC.C#CC#CC#CC#CC.C#CC#CC#CC#CC#C.C#CC#CC#CC#CC#CC.C#CC#CC#CC#CC#CC#CC.C#CC#CC#CC#CC#CC#CC#C.C#CC#CC#CC#CC#CC#CC#CC.CC#CC.CC#CC#CC#CC.CC#CC#CC#CC#CC#CC.CC#CC#CC#CC#CC#CC#CC#CC.I.II.N.N#N.[N-]=[N+]=N.[Pt]. The minimum Gasteiger partial charge on any atom is -0.344 e. The van der Waals surface area contributed by atoms with Gasteiger partial charge < -0.3 is 6.15 Å². The standard InChI is InChI=1S/C16H6.C15H4.C14H2.C13H4.C12H6.C11H4.C10H2.C9H4.C8H6.C7H4.C6H2.C5H4.C4H6.C3H4.C2H2.CH4.I2.HI.HN3.N2.H3N.Pt/c1-3-5-7-9-11-13-15-16-14-12-10-8-6-4-2;1-3-5-7-9-11-13-15-14-12-10-8-6-4-2;1-3-5-7-9-11-13-14-12-10-8-6-4-2;1-3-5-7-9-11-13-12-10-8-6-4-2;1-3-5-7-9-11-12-10-8-6-4-2;1-3-5-7-9-11-10-8-6-4-2;1-3-5-7-9-10-8-6-4-2;1-3-5-7-9-8-6-4-2;1-3-5-7-8-6-4-2;1-3-5-7-6-4-2;1-3-5-6-4-2;1-3-5-4-2;1-3-4-2;1-3-2;1-2;;1-2;;1-3-2;1-2;;/h1-2H3;1H,2H3;1-2H;1H,2H3;1-2H3;1H,2H3;1-2H;1H,2H3;1-2H3;1H,2H3;1-2H;1H,2H3;1-2H3;1H,2H3;1-2H;1H4;;1H;1H;;1H3;. The van der Waals surface area contributed by atoms with Crippen LogP contribution in [0.25, 0.3) is 10.4 Å². The molecule has 4 N–H and O–H groups in total. The van der Waals surface area contributed by atoms with Crippen LogP contribution in [-0.4, -0.2) is 0 Å². The minimum atomic E-state index is 0. The van der Waals surface area contributed by atoms with Crippen LogP contribution in [0, 0.1) is 734 Å². The summed E-state index contributed by atoms with van der Waals surface area (Å²) in [6, 6.07) is 0. The minimum absolute atomic E-state index is 0. The van der Waals surface area contributed by atoms with Gasteiger partial charge in [-0.2, -0.15) is 0 Å². The van der Waals surface area contributed by atoms with E-state index in [9.17, 15) is 0 Å². The first-order valence-corrected chi connectivity index (χ1v) is 41.4. The third kappa shape index (κ3) is 380. The summed E-state index contributed by atoms with van der Waals surface area (Å²) >= 11 is 4.24. The summed E-state index contributed by atoms with van der Waals surface area (Å²) in [5.41, 5.74) is 12.2. The van der Waals surface area contributed by atoms with Crippen molar-refractivity contribution >= 4 is 61.2 Å². The van der Waals surface area contributed by atoms with E-state index in [4.69, 9.17) is 98.9 Å². The van der Waals surface area contributed by atoms with Crippen molar-refractivity contribution < 1.29 is 21.1 Å². The first-order valence-electron chi connectivity index (χ1n) is 35.1. The van der Waals surface area contributed by atoms with E-state index in [2.05, 4.69) is 678 Å². The Labute approximate surface area is 935 Å². The smallest absolute Gasteiger partial charge is 0 e. The molecule has 0 saturated carbocycles. The predicted octanol–water partition coefficient (Wildman–Crippen LogP) is 13.8. The Morgan fingerprint density at radius 2 is 0.212 bits per heavy atom. The van der Waals surface area contributed by atoms with Gasteiger partial charge in [0.15, 0.2) is 0 Å². The molecule has 0 fully saturated rings. The van der Waals surface area contributed by atoms with E-state index in [0.717, 1.165) is 0 Å². The fourth-order valence-corrected chi connectivity index (χ4v) is 2.88. The first-order chi connectivity index (χ1) is 69.7. The van der Waals surface area contributed by atoms with Crippen LogP contribution < -0.4 is 6.15 Å². The largest absolute Gasteiger partial charge is 0.344 e. The molecule has 0 radical (unpaired) electrons. The second kappa shape index (κ2) is 259. The van der Waals surface area contributed by atoms with Gasteiger partial charge in [-0.3, -0.25) is 0 Å². The molecule has 0 amide bonds. The second-order valence-electron chi connectivity index (χ2n) is 15.4. The normalized spacial score (nSPS) is 3.40. The van der Waals surface area contributed by atoms with Gasteiger partial charge in [-0.25, -0.2) is 0 Å². The fourth-order valence-electron chi connectivity index (χ4n) is 2.88. The van der Waals surface area contributed by atoms with Crippen molar-refractivity contribution in [1.82, 2.24) is 6.15 Å². The molecular weight excluding hydrogens is 2290 g/mol. The van der Waals surface area contributed by atoms with E-state index in [0.29, 0.717) is 0 Å². The van der Waals surface area contributed by atoms with Gasteiger partial charge in [-0.15, -0.1) is 144 Å². The molecule has 10 heteroatoms. The van der Waals surface area contributed by atoms with Crippen LogP contribution in [0.2, 0.25) is 0 Å². The predicted molar refractivity (Wildman–Crippen MR) is 636 cm³/mol. The van der Waals surface area contributed by atoms with Gasteiger partial charge in [-0.05, 0) is 647 Å². The van der Waals surface area contributed by atoms with Gasteiger partial charge in [0.1, 0.15) is 0 Å². The van der Waals surface area contributed by atoms with Crippen LogP contribution in [-0.2, 0) is 21.1 Å². The average Bonchev–Trinajstić information content (AvgIpc) is 1.03. The van der Waals surface area contributed by atoms with E-state index in [-0.39, 0.29) is 58.6 Å². The third-order valence-electron chi connectivity index (χ3n) is 6.74. The Morgan fingerprint density at radius 3 is 0.260 bits per heavy atom. The number of rotatable bonds is 0. The molecule has 0 bridgehead atoms. The van der Waals surface area contributed by atoms with Crippen LogP contribution in [0.4, 0.5) is 0 Å². The summed E-state index contributed by atoms with van der Waals surface area (Å²) in [6.45, 7) is 25.9. The summed E-state index contributed by atoms with van der Waals surface area (Å²) in [7, 11) is 0. The van der Waals surface area contributed by atoms with Crippen molar-refractivity contribution in [2.24, 2.45) is 0 Å². The van der Waals surface area contributed by atoms with Crippen molar-refractivity contribution in [3.05, 3.63) is 10.4 Å². The van der Waals surface area contributed by atoms with Gasteiger partial charge >= 0.3 is 0 Å². The number of halogens is 3. The maximum Gasteiger partial charge on any atom is 0 e. The van der Waals surface area contributed by atoms with Crippen molar-refractivity contribution in [3.8, 4) is 718 Å². The molecule has 0 aromatic rings. The number of hydrogen-bond acceptors (Lipinski definition) is 4. The Balaban J connectivity index is -0.0000000570.